The molecule has 1 heterocycles. The minimum absolute atomic E-state index is 0.0128. The topological polar surface area (TPSA) is 132 Å². The number of carbonyl (C=O) groups is 4. The van der Waals surface area contributed by atoms with Gasteiger partial charge in [0.1, 0.15) is 29.0 Å². The number of likely N-dealkylation sites (tertiary alicyclic amines) is 1. The Morgan fingerprint density at radius 3 is 2.30 bits per heavy atom. The number of fused-ring (bicyclic) bond motifs is 1. The molecule has 1 saturated carbocycles. The molecule has 1 aliphatic carbocycles. The second-order valence-electron chi connectivity index (χ2n) is 14.0. The van der Waals surface area contributed by atoms with Crippen LogP contribution in [0.4, 0.5) is 4.79 Å². The Balaban J connectivity index is 1.71. The average molecular weight is 744 g/mol. The van der Waals surface area contributed by atoms with Gasteiger partial charge in [-0.05, 0) is 86.4 Å². The fourth-order valence-electron chi connectivity index (χ4n) is 7.30. The number of hydrogen-bond donors (Lipinski definition) is 2. The lowest BCUT2D eigenvalue weighted by Gasteiger charge is -2.31. The summed E-state index contributed by atoms with van der Waals surface area (Å²) in [6, 6.07) is 7.74. The van der Waals surface area contributed by atoms with Crippen LogP contribution in [0.1, 0.15) is 82.3 Å². The molecule has 2 aromatic rings. The summed E-state index contributed by atoms with van der Waals surface area (Å²) in [5, 5.41) is 7.58. The molecule has 5 atom stereocenters. The molecule has 2 aromatic carbocycles. The lowest BCUT2D eigenvalue weighted by atomic mass is 9.88. The van der Waals surface area contributed by atoms with Crippen LogP contribution in [0.25, 0.3) is 16.8 Å². The van der Waals surface area contributed by atoms with Crippen LogP contribution in [0.3, 0.4) is 0 Å². The van der Waals surface area contributed by atoms with Gasteiger partial charge in [0, 0.05) is 25.0 Å². The van der Waals surface area contributed by atoms with Crippen molar-refractivity contribution >= 4 is 40.7 Å². The molecule has 0 unspecified atom stereocenters. The summed E-state index contributed by atoms with van der Waals surface area (Å²) in [5.41, 5.74) is -0.814. The van der Waals surface area contributed by atoms with Crippen LogP contribution in [0.5, 0.6) is 5.75 Å². The molecule has 2 N–H and O–H groups in total. The summed E-state index contributed by atoms with van der Waals surface area (Å²) in [4.78, 5) is 56.9. The number of alkyl carbamates (subject to hydrolysis) is 1. The SMILES string of the molecule is C=CCCCCC[C@H](NC(=O)OCCCCC=C)C(=O)N1C[C@](OC)(c2ccc3cc(OC)c(C=C)cc3c2)C[C@H]1C(=O)N[C@]1(C(=O)OCC)C[C@H]1C=C. The normalized spacial score (nSPS) is 22.1. The van der Waals surface area contributed by atoms with E-state index in [1.165, 1.54) is 4.90 Å². The number of esters is 1. The van der Waals surface area contributed by atoms with Gasteiger partial charge >= 0.3 is 12.1 Å². The summed E-state index contributed by atoms with van der Waals surface area (Å²) < 4.78 is 22.7. The van der Waals surface area contributed by atoms with Crippen molar-refractivity contribution in [2.24, 2.45) is 5.92 Å². The molecule has 0 radical (unpaired) electrons. The Bertz CT molecular complexity index is 1710. The van der Waals surface area contributed by atoms with Gasteiger partial charge in [-0.1, -0.05) is 55.9 Å². The fourth-order valence-corrected chi connectivity index (χ4v) is 7.30. The molecule has 1 saturated heterocycles. The van der Waals surface area contributed by atoms with Crippen molar-refractivity contribution in [3.63, 3.8) is 0 Å². The first-order valence-corrected chi connectivity index (χ1v) is 18.9. The zero-order valence-corrected chi connectivity index (χ0v) is 32.2. The van der Waals surface area contributed by atoms with Crippen LogP contribution in [-0.4, -0.2) is 80.4 Å². The molecular formula is C43H57N3O8. The number of hydrogen-bond acceptors (Lipinski definition) is 8. The Kier molecular flexibility index (Phi) is 15.1. The maximum Gasteiger partial charge on any atom is 0.407 e. The van der Waals surface area contributed by atoms with Crippen LogP contribution >= 0.6 is 0 Å². The van der Waals surface area contributed by atoms with Gasteiger partial charge < -0.3 is 34.5 Å². The number of unbranched alkanes of at least 4 members (excludes halogenated alkanes) is 5. The Morgan fingerprint density at radius 2 is 1.67 bits per heavy atom. The highest BCUT2D eigenvalue weighted by molar-refractivity contribution is 5.97. The predicted molar refractivity (Wildman–Crippen MR) is 211 cm³/mol. The van der Waals surface area contributed by atoms with Gasteiger partial charge in [0.15, 0.2) is 0 Å². The summed E-state index contributed by atoms with van der Waals surface area (Å²) in [5.74, 6) is -1.14. The molecule has 292 valence electrons. The largest absolute Gasteiger partial charge is 0.496 e. The highest BCUT2D eigenvalue weighted by atomic mass is 16.5. The van der Waals surface area contributed by atoms with Crippen molar-refractivity contribution < 1.29 is 38.1 Å². The van der Waals surface area contributed by atoms with Crippen molar-refractivity contribution in [1.82, 2.24) is 15.5 Å². The van der Waals surface area contributed by atoms with Crippen LogP contribution in [-0.2, 0) is 34.2 Å². The molecule has 4 rings (SSSR count). The first-order valence-electron chi connectivity index (χ1n) is 18.9. The van der Waals surface area contributed by atoms with Crippen LogP contribution in [0, 0.1) is 5.92 Å². The number of ether oxygens (including phenoxy) is 4. The molecular weight excluding hydrogens is 686 g/mol. The fraction of sp³-hybridized carbons (Fsp3) is 0.488. The third-order valence-corrected chi connectivity index (χ3v) is 10.5. The first-order chi connectivity index (χ1) is 26.1. The number of rotatable bonds is 22. The number of amides is 3. The number of methoxy groups -OCH3 is 2. The van der Waals surface area contributed by atoms with Crippen LogP contribution in [0.2, 0.25) is 0 Å². The van der Waals surface area contributed by atoms with Crippen molar-refractivity contribution in [2.45, 2.75) is 94.4 Å². The molecule has 0 aromatic heterocycles. The Labute approximate surface area is 319 Å². The smallest absolute Gasteiger partial charge is 0.407 e. The predicted octanol–water partition coefficient (Wildman–Crippen LogP) is 7.15. The summed E-state index contributed by atoms with van der Waals surface area (Å²) in [7, 11) is 3.17. The van der Waals surface area contributed by atoms with E-state index in [4.69, 9.17) is 18.9 Å². The van der Waals surface area contributed by atoms with E-state index in [1.54, 1.807) is 33.3 Å². The summed E-state index contributed by atoms with van der Waals surface area (Å²) in [6.45, 7) is 17.4. The third kappa shape index (κ3) is 9.60. The zero-order chi connectivity index (χ0) is 39.3. The molecule has 3 amide bonds. The van der Waals surface area contributed by atoms with Crippen molar-refractivity contribution in [2.75, 3.05) is 34.0 Å². The number of benzene rings is 2. The van der Waals surface area contributed by atoms with Gasteiger partial charge in [0.05, 0.1) is 26.9 Å². The highest BCUT2D eigenvalue weighted by Crippen LogP contribution is 2.47. The Hall–Kier alpha value is -4.90. The van der Waals surface area contributed by atoms with Crippen molar-refractivity contribution in [1.29, 1.82) is 0 Å². The minimum Gasteiger partial charge on any atom is -0.496 e. The zero-order valence-electron chi connectivity index (χ0n) is 32.2. The molecule has 0 bridgehead atoms. The van der Waals surface area contributed by atoms with Gasteiger partial charge in [0.25, 0.3) is 0 Å². The standard InChI is InChI=1S/C43H57N3O8/c1-8-13-15-17-18-20-35(44-41(50)54-23-19-16-14-9-2)39(48)46-29-42(52-7,34-22-21-31-26-37(51-6)30(10-3)24-32(31)25-34)28-36(46)38(47)45-43(27-33(43)11-4)40(49)53-12-5/h8-11,21-22,24-26,33,35-36H,1-4,12-20,23,27-29H2,5-7H3,(H,44,50)(H,45,47)/t33-,35+,36+,42+,43-/m1/s1. The van der Waals surface area contributed by atoms with E-state index >= 15 is 0 Å². The number of carbonyl (C=O) groups excluding carboxylic acids is 4. The third-order valence-electron chi connectivity index (χ3n) is 10.5. The molecule has 54 heavy (non-hydrogen) atoms. The number of nitrogens with zero attached hydrogens (tertiary/aromatic N) is 1. The quantitative estimate of drug-likeness (QED) is 0.0739. The van der Waals surface area contributed by atoms with E-state index < -0.39 is 47.1 Å². The minimum atomic E-state index is -1.27. The van der Waals surface area contributed by atoms with Crippen molar-refractivity contribution in [3.05, 3.63) is 86.0 Å². The highest BCUT2D eigenvalue weighted by Gasteiger charge is 2.62. The molecule has 11 nitrogen and oxygen atoms in total. The van der Waals surface area contributed by atoms with Gasteiger partial charge in [-0.25, -0.2) is 9.59 Å². The molecule has 1 aliphatic heterocycles. The van der Waals surface area contributed by atoms with E-state index in [2.05, 4.69) is 36.9 Å². The Morgan fingerprint density at radius 1 is 0.926 bits per heavy atom. The lowest BCUT2D eigenvalue weighted by Crippen LogP contribution is -2.56. The van der Waals surface area contributed by atoms with Gasteiger partial charge in [0.2, 0.25) is 11.8 Å². The molecule has 11 heteroatoms. The van der Waals surface area contributed by atoms with Gasteiger partial charge in [-0.15, -0.1) is 19.7 Å². The van der Waals surface area contributed by atoms with E-state index in [9.17, 15) is 19.2 Å². The second kappa shape index (κ2) is 19.4. The average Bonchev–Trinajstić information content (AvgIpc) is 3.75. The molecule has 0 spiro atoms. The number of nitrogens with one attached hydrogen (secondary N) is 2. The van der Waals surface area contributed by atoms with Crippen LogP contribution in [0.15, 0.2) is 74.9 Å². The monoisotopic (exact) mass is 743 g/mol. The summed E-state index contributed by atoms with van der Waals surface area (Å²) in [6.07, 6.45) is 12.6. The van der Waals surface area contributed by atoms with E-state index in [0.717, 1.165) is 54.0 Å². The number of allylic oxidation sites excluding steroid dienone is 2. The van der Waals surface area contributed by atoms with E-state index in [0.29, 0.717) is 31.4 Å². The lowest BCUT2D eigenvalue weighted by molar-refractivity contribution is -0.150. The van der Waals surface area contributed by atoms with Crippen LogP contribution < -0.4 is 15.4 Å². The van der Waals surface area contributed by atoms with Gasteiger partial charge in [-0.2, -0.15) is 0 Å². The van der Waals surface area contributed by atoms with E-state index in [-0.39, 0.29) is 32.1 Å². The molecule has 2 fully saturated rings. The summed E-state index contributed by atoms with van der Waals surface area (Å²) >= 11 is 0. The molecule has 2 aliphatic rings. The van der Waals surface area contributed by atoms with Gasteiger partial charge in [-0.3, -0.25) is 9.59 Å². The van der Waals surface area contributed by atoms with Crippen molar-refractivity contribution in [3.8, 4) is 5.75 Å². The maximum atomic E-state index is 14.7. The first kappa shape index (κ1) is 41.9. The maximum absolute atomic E-state index is 14.7. The second-order valence-corrected chi connectivity index (χ2v) is 14.0. The van der Waals surface area contributed by atoms with E-state index in [1.807, 2.05) is 42.5 Å².